The van der Waals surface area contributed by atoms with E-state index in [1.54, 1.807) is 0 Å². The Labute approximate surface area is 200 Å². The van der Waals surface area contributed by atoms with Gasteiger partial charge in [-0.2, -0.15) is 0 Å². The van der Waals surface area contributed by atoms with Crippen molar-refractivity contribution in [2.45, 2.75) is 89.0 Å². The molecule has 1 saturated carbocycles. The zero-order valence-corrected chi connectivity index (χ0v) is 20.4. The normalized spacial score (nSPS) is 32.7. The number of ether oxygens (including phenoxy) is 5. The quantitative estimate of drug-likeness (QED) is 0.498. The summed E-state index contributed by atoms with van der Waals surface area (Å²) in [5.74, 6) is -0.0551. The summed E-state index contributed by atoms with van der Waals surface area (Å²) in [4.78, 5) is 13.5. The van der Waals surface area contributed by atoms with Gasteiger partial charge in [-0.15, -0.1) is 11.3 Å². The van der Waals surface area contributed by atoms with Crippen LogP contribution in [-0.4, -0.2) is 62.8 Å². The number of thiophene rings is 1. The third kappa shape index (κ3) is 6.77. The molecule has 0 amide bonds. The average molecular weight is 483 g/mol. The molecule has 1 aromatic rings. The minimum absolute atomic E-state index is 0.00723. The lowest BCUT2D eigenvalue weighted by atomic mass is 9.89. The highest BCUT2D eigenvalue weighted by molar-refractivity contribution is 7.13. The summed E-state index contributed by atoms with van der Waals surface area (Å²) in [6.07, 6.45) is 9.41. The highest BCUT2D eigenvalue weighted by Crippen LogP contribution is 2.41. The van der Waals surface area contributed by atoms with Gasteiger partial charge in [0.1, 0.15) is 4.88 Å². The molecule has 3 fully saturated rings. The van der Waals surface area contributed by atoms with E-state index in [1.807, 2.05) is 12.1 Å². The van der Waals surface area contributed by atoms with Crippen molar-refractivity contribution in [1.29, 1.82) is 0 Å². The SMILES string of the molecule is COC(=O)c1ccc(CCC[C@@H]2[C@@H](CO)[C@@H](OC3CCCCO3)C[C@@H]2OC2CCCCO2)s1. The van der Waals surface area contributed by atoms with Gasteiger partial charge in [0.05, 0.1) is 19.3 Å². The zero-order valence-electron chi connectivity index (χ0n) is 19.6. The van der Waals surface area contributed by atoms with Crippen LogP contribution in [0, 0.1) is 11.8 Å². The first kappa shape index (κ1) is 25.1. The van der Waals surface area contributed by atoms with E-state index in [0.29, 0.717) is 4.88 Å². The van der Waals surface area contributed by atoms with Crippen LogP contribution in [0.3, 0.4) is 0 Å². The van der Waals surface area contributed by atoms with Crippen LogP contribution >= 0.6 is 11.3 Å². The first-order chi connectivity index (χ1) is 16.2. The molecule has 1 aromatic heterocycles. The predicted octanol–water partition coefficient (Wildman–Crippen LogP) is 4.31. The number of carbonyl (C=O) groups excluding carboxylic acids is 1. The maximum absolute atomic E-state index is 11.7. The molecule has 33 heavy (non-hydrogen) atoms. The van der Waals surface area contributed by atoms with Gasteiger partial charge in [0, 0.05) is 37.0 Å². The Bertz CT molecular complexity index is 726. The van der Waals surface area contributed by atoms with Crippen LogP contribution in [0.1, 0.15) is 72.3 Å². The van der Waals surface area contributed by atoms with E-state index in [2.05, 4.69) is 0 Å². The number of aliphatic hydroxyl groups excluding tert-OH is 1. The second kappa shape index (κ2) is 12.6. The molecule has 7 nitrogen and oxygen atoms in total. The molecule has 8 heteroatoms. The first-order valence-electron chi connectivity index (χ1n) is 12.5. The maximum atomic E-state index is 11.7. The van der Waals surface area contributed by atoms with Crippen LogP contribution < -0.4 is 0 Å². The predicted molar refractivity (Wildman–Crippen MR) is 124 cm³/mol. The molecule has 186 valence electrons. The Morgan fingerprint density at radius 1 is 1.03 bits per heavy atom. The Morgan fingerprint density at radius 2 is 1.70 bits per heavy atom. The summed E-state index contributed by atoms with van der Waals surface area (Å²) in [7, 11) is 1.41. The standard InChI is InChI=1S/C25H38O7S/c1-28-25(27)22-12-11-17(33-22)7-6-8-18-19(16-26)21(32-24-10-3-5-14-30-24)15-20(18)31-23-9-2-4-13-29-23/h11-12,18-21,23-24,26H,2-10,13-16H2,1H3/t18-,19-,20+,21+,23?,24?/m1/s1. The summed E-state index contributed by atoms with van der Waals surface area (Å²) >= 11 is 1.49. The molecule has 0 spiro atoms. The number of hydrogen-bond donors (Lipinski definition) is 1. The highest BCUT2D eigenvalue weighted by Gasteiger charge is 2.46. The fraction of sp³-hybridized carbons (Fsp3) is 0.800. The summed E-state index contributed by atoms with van der Waals surface area (Å²) in [6.45, 7) is 1.58. The Hall–Kier alpha value is -1.03. The third-order valence-electron chi connectivity index (χ3n) is 7.12. The first-order valence-corrected chi connectivity index (χ1v) is 13.3. The molecule has 2 saturated heterocycles. The summed E-state index contributed by atoms with van der Waals surface area (Å²) in [5.41, 5.74) is 0. The van der Waals surface area contributed by atoms with Gasteiger partial charge in [0.2, 0.25) is 0 Å². The Kier molecular flexibility index (Phi) is 9.58. The zero-order chi connectivity index (χ0) is 23.0. The van der Waals surface area contributed by atoms with E-state index >= 15 is 0 Å². The van der Waals surface area contributed by atoms with Crippen LogP contribution in [0.4, 0.5) is 0 Å². The Balaban J connectivity index is 1.37. The maximum Gasteiger partial charge on any atom is 0.348 e. The molecule has 6 atom stereocenters. The van der Waals surface area contributed by atoms with Crippen molar-refractivity contribution < 1.29 is 33.6 Å². The van der Waals surface area contributed by atoms with Gasteiger partial charge in [-0.1, -0.05) is 0 Å². The number of aryl methyl sites for hydroxylation is 1. The number of methoxy groups -OCH3 is 1. The van der Waals surface area contributed by atoms with E-state index in [9.17, 15) is 9.90 Å². The second-order valence-corrected chi connectivity index (χ2v) is 10.5. The second-order valence-electron chi connectivity index (χ2n) is 9.34. The molecule has 2 aliphatic heterocycles. The van der Waals surface area contributed by atoms with Crippen molar-refractivity contribution >= 4 is 17.3 Å². The number of carbonyl (C=O) groups is 1. The number of hydrogen-bond acceptors (Lipinski definition) is 8. The number of rotatable bonds is 10. The van der Waals surface area contributed by atoms with Gasteiger partial charge < -0.3 is 28.8 Å². The number of aliphatic hydroxyl groups is 1. The molecular weight excluding hydrogens is 444 g/mol. The van der Waals surface area contributed by atoms with Crippen molar-refractivity contribution in [3.63, 3.8) is 0 Å². The van der Waals surface area contributed by atoms with Crippen LogP contribution in [-0.2, 0) is 30.1 Å². The minimum Gasteiger partial charge on any atom is -0.465 e. The van der Waals surface area contributed by atoms with Gasteiger partial charge in [0.25, 0.3) is 0 Å². The molecule has 0 aromatic carbocycles. The topological polar surface area (TPSA) is 83.5 Å². The molecule has 1 aliphatic carbocycles. The van der Waals surface area contributed by atoms with Crippen molar-refractivity contribution in [1.82, 2.24) is 0 Å². The van der Waals surface area contributed by atoms with Crippen LogP contribution in [0.15, 0.2) is 12.1 Å². The summed E-state index contributed by atoms with van der Waals surface area (Å²) < 4.78 is 29.3. The van der Waals surface area contributed by atoms with Crippen LogP contribution in [0.2, 0.25) is 0 Å². The Morgan fingerprint density at radius 3 is 2.27 bits per heavy atom. The van der Waals surface area contributed by atoms with Crippen LogP contribution in [0.25, 0.3) is 0 Å². The highest BCUT2D eigenvalue weighted by atomic mass is 32.1. The molecular formula is C25H38O7S. The average Bonchev–Trinajstić information content (AvgIpc) is 3.45. The van der Waals surface area contributed by atoms with Crippen molar-refractivity contribution in [3.8, 4) is 0 Å². The third-order valence-corrected chi connectivity index (χ3v) is 8.24. The fourth-order valence-electron chi connectivity index (χ4n) is 5.36. The lowest BCUT2D eigenvalue weighted by Gasteiger charge is -2.30. The summed E-state index contributed by atoms with van der Waals surface area (Å²) in [5, 5.41) is 10.3. The van der Waals surface area contributed by atoms with Gasteiger partial charge in [-0.3, -0.25) is 0 Å². The van der Waals surface area contributed by atoms with E-state index in [0.717, 1.165) is 77.4 Å². The van der Waals surface area contributed by atoms with E-state index in [1.165, 1.54) is 23.3 Å². The van der Waals surface area contributed by atoms with Crippen molar-refractivity contribution in [3.05, 3.63) is 21.9 Å². The van der Waals surface area contributed by atoms with Crippen LogP contribution in [0.5, 0.6) is 0 Å². The van der Waals surface area contributed by atoms with Crippen molar-refractivity contribution in [2.24, 2.45) is 11.8 Å². The lowest BCUT2D eigenvalue weighted by Crippen LogP contribution is -2.33. The molecule has 2 unspecified atom stereocenters. The van der Waals surface area contributed by atoms with Gasteiger partial charge in [0.15, 0.2) is 12.6 Å². The van der Waals surface area contributed by atoms with Gasteiger partial charge >= 0.3 is 5.97 Å². The molecule has 3 aliphatic rings. The molecule has 4 rings (SSSR count). The fourth-order valence-corrected chi connectivity index (χ4v) is 6.33. The summed E-state index contributed by atoms with van der Waals surface area (Å²) in [6, 6.07) is 3.84. The minimum atomic E-state index is -0.284. The van der Waals surface area contributed by atoms with E-state index in [-0.39, 0.29) is 49.2 Å². The monoisotopic (exact) mass is 482 g/mol. The molecule has 3 heterocycles. The van der Waals surface area contributed by atoms with Gasteiger partial charge in [-0.25, -0.2) is 4.79 Å². The van der Waals surface area contributed by atoms with E-state index in [4.69, 9.17) is 23.7 Å². The largest absolute Gasteiger partial charge is 0.465 e. The lowest BCUT2D eigenvalue weighted by molar-refractivity contribution is -0.204. The van der Waals surface area contributed by atoms with Gasteiger partial charge in [-0.05, 0) is 75.8 Å². The molecule has 0 radical (unpaired) electrons. The molecule has 1 N–H and O–H groups in total. The number of esters is 1. The molecule has 0 bridgehead atoms. The van der Waals surface area contributed by atoms with Crippen molar-refractivity contribution in [2.75, 3.05) is 26.9 Å². The smallest absolute Gasteiger partial charge is 0.348 e. The van der Waals surface area contributed by atoms with E-state index < -0.39 is 0 Å².